The first kappa shape index (κ1) is 12.3. The van der Waals surface area contributed by atoms with Gasteiger partial charge in [-0.15, -0.1) is 0 Å². The lowest BCUT2D eigenvalue weighted by Crippen LogP contribution is -2.02. The van der Waals surface area contributed by atoms with Crippen LogP contribution in [0, 0.1) is 15.2 Å². The molecule has 0 heterocycles. The molecule has 0 saturated carbocycles. The van der Waals surface area contributed by atoms with E-state index in [0.717, 1.165) is 21.4 Å². The summed E-state index contributed by atoms with van der Waals surface area (Å²) in [6, 6.07) is 11.2. The van der Waals surface area contributed by atoms with Crippen molar-refractivity contribution in [3.63, 3.8) is 0 Å². The molecule has 0 aliphatic heterocycles. The molecule has 4 heteroatoms. The monoisotopic (exact) mass is 345 g/mol. The highest BCUT2D eigenvalue weighted by atomic mass is 127. The van der Waals surface area contributed by atoms with Crippen LogP contribution in [0.4, 0.5) is 14.5 Å². The molecule has 0 unspecified atom stereocenters. The van der Waals surface area contributed by atoms with Crippen LogP contribution in [0.3, 0.4) is 0 Å². The molecule has 17 heavy (non-hydrogen) atoms. The van der Waals surface area contributed by atoms with E-state index >= 15 is 0 Å². The molecule has 0 radical (unpaired) electrons. The Morgan fingerprint density at radius 2 is 1.71 bits per heavy atom. The molecule has 0 amide bonds. The number of anilines is 1. The highest BCUT2D eigenvalue weighted by Crippen LogP contribution is 2.14. The molecule has 0 aromatic heterocycles. The molecule has 1 N–H and O–H groups in total. The van der Waals surface area contributed by atoms with E-state index in [1.165, 1.54) is 6.07 Å². The maximum absolute atomic E-state index is 13.3. The van der Waals surface area contributed by atoms with E-state index in [1.54, 1.807) is 0 Å². The molecule has 0 atom stereocenters. The van der Waals surface area contributed by atoms with Gasteiger partial charge in [0.15, 0.2) is 0 Å². The third kappa shape index (κ3) is 3.39. The second-order valence-electron chi connectivity index (χ2n) is 3.60. The van der Waals surface area contributed by atoms with Gasteiger partial charge in [-0.3, -0.25) is 0 Å². The van der Waals surface area contributed by atoms with Gasteiger partial charge in [-0.1, -0.05) is 0 Å². The zero-order valence-electron chi connectivity index (χ0n) is 8.88. The standard InChI is InChI=1S/C13H10F2IN/c14-10-1-6-13(15)9(7-10)8-17-12-4-2-11(16)3-5-12/h1-7,17H,8H2. The van der Waals surface area contributed by atoms with Crippen LogP contribution in [0.25, 0.3) is 0 Å². The molecule has 0 spiro atoms. The van der Waals surface area contributed by atoms with Crippen molar-refractivity contribution in [2.24, 2.45) is 0 Å². The van der Waals surface area contributed by atoms with Crippen LogP contribution < -0.4 is 5.32 Å². The van der Waals surface area contributed by atoms with E-state index < -0.39 is 11.6 Å². The van der Waals surface area contributed by atoms with Gasteiger partial charge in [0.05, 0.1) is 0 Å². The van der Waals surface area contributed by atoms with Gasteiger partial charge >= 0.3 is 0 Å². The Labute approximate surface area is 112 Å². The summed E-state index contributed by atoms with van der Waals surface area (Å²) in [6.45, 7) is 0.268. The molecule has 88 valence electrons. The van der Waals surface area contributed by atoms with Crippen molar-refractivity contribution in [2.75, 3.05) is 5.32 Å². The summed E-state index contributed by atoms with van der Waals surface area (Å²) < 4.78 is 27.4. The summed E-state index contributed by atoms with van der Waals surface area (Å²) in [4.78, 5) is 0. The minimum absolute atomic E-state index is 0.268. The number of benzene rings is 2. The van der Waals surface area contributed by atoms with E-state index in [-0.39, 0.29) is 6.54 Å². The SMILES string of the molecule is Fc1ccc(F)c(CNc2ccc(I)cc2)c1. The summed E-state index contributed by atoms with van der Waals surface area (Å²) in [7, 11) is 0. The lowest BCUT2D eigenvalue weighted by atomic mass is 10.2. The van der Waals surface area contributed by atoms with E-state index in [2.05, 4.69) is 27.9 Å². The van der Waals surface area contributed by atoms with E-state index in [9.17, 15) is 8.78 Å². The van der Waals surface area contributed by atoms with Gasteiger partial charge < -0.3 is 5.32 Å². The summed E-state index contributed by atoms with van der Waals surface area (Å²) in [5.74, 6) is -0.824. The first-order valence-corrected chi connectivity index (χ1v) is 6.16. The number of rotatable bonds is 3. The maximum Gasteiger partial charge on any atom is 0.128 e. The summed E-state index contributed by atoms with van der Waals surface area (Å²) >= 11 is 2.21. The van der Waals surface area contributed by atoms with Crippen LogP contribution in [0.5, 0.6) is 0 Å². The number of hydrogen-bond acceptors (Lipinski definition) is 1. The van der Waals surface area contributed by atoms with E-state index in [0.29, 0.717) is 5.56 Å². The minimum atomic E-state index is -0.425. The molecule has 0 aliphatic carbocycles. The highest BCUT2D eigenvalue weighted by Gasteiger charge is 2.03. The lowest BCUT2D eigenvalue weighted by Gasteiger charge is -2.07. The molecule has 0 bridgehead atoms. The van der Waals surface area contributed by atoms with Crippen molar-refractivity contribution in [2.45, 2.75) is 6.54 Å². The van der Waals surface area contributed by atoms with Crippen LogP contribution in [-0.2, 0) is 6.54 Å². The van der Waals surface area contributed by atoms with Gasteiger partial charge in [-0.2, -0.15) is 0 Å². The van der Waals surface area contributed by atoms with Gasteiger partial charge in [0.2, 0.25) is 0 Å². The first-order chi connectivity index (χ1) is 8.15. The highest BCUT2D eigenvalue weighted by molar-refractivity contribution is 14.1. The van der Waals surface area contributed by atoms with Crippen LogP contribution in [-0.4, -0.2) is 0 Å². The summed E-state index contributed by atoms with van der Waals surface area (Å²) in [5.41, 5.74) is 1.21. The van der Waals surface area contributed by atoms with Crippen LogP contribution in [0.15, 0.2) is 42.5 Å². The van der Waals surface area contributed by atoms with Crippen molar-refractivity contribution < 1.29 is 8.78 Å². The average molecular weight is 345 g/mol. The third-order valence-electron chi connectivity index (χ3n) is 2.33. The lowest BCUT2D eigenvalue weighted by molar-refractivity contribution is 0.587. The van der Waals surface area contributed by atoms with Gasteiger partial charge in [0.1, 0.15) is 11.6 Å². The number of hydrogen-bond donors (Lipinski definition) is 1. The predicted octanol–water partition coefficient (Wildman–Crippen LogP) is 4.18. The van der Waals surface area contributed by atoms with Gasteiger partial charge in [0.25, 0.3) is 0 Å². The molecule has 2 rings (SSSR count). The van der Waals surface area contributed by atoms with Gasteiger partial charge in [-0.25, -0.2) is 8.78 Å². The quantitative estimate of drug-likeness (QED) is 0.823. The van der Waals surface area contributed by atoms with Crippen LogP contribution in [0.1, 0.15) is 5.56 Å². The Hall–Kier alpha value is -1.17. The first-order valence-electron chi connectivity index (χ1n) is 5.08. The molecule has 1 nitrogen and oxygen atoms in total. The fourth-order valence-corrected chi connectivity index (χ4v) is 1.80. The smallest absolute Gasteiger partial charge is 0.128 e. The van der Waals surface area contributed by atoms with Gasteiger partial charge in [0, 0.05) is 21.4 Å². The second kappa shape index (κ2) is 5.44. The molecule has 2 aromatic rings. The van der Waals surface area contributed by atoms with Crippen molar-refractivity contribution in [3.8, 4) is 0 Å². The van der Waals surface area contributed by atoms with E-state index in [1.807, 2.05) is 24.3 Å². The van der Waals surface area contributed by atoms with Gasteiger partial charge in [-0.05, 0) is 65.1 Å². The Kier molecular flexibility index (Phi) is 3.93. The fourth-order valence-electron chi connectivity index (χ4n) is 1.44. The molecular weight excluding hydrogens is 335 g/mol. The Morgan fingerprint density at radius 1 is 1.00 bits per heavy atom. The minimum Gasteiger partial charge on any atom is -0.381 e. The molecular formula is C13H10F2IN. The second-order valence-corrected chi connectivity index (χ2v) is 4.84. The zero-order chi connectivity index (χ0) is 12.3. The third-order valence-corrected chi connectivity index (χ3v) is 3.05. The summed E-state index contributed by atoms with van der Waals surface area (Å²) in [6.07, 6.45) is 0. The Bertz CT molecular complexity index is 511. The van der Waals surface area contributed by atoms with Crippen molar-refractivity contribution >= 4 is 28.3 Å². The maximum atomic E-state index is 13.3. The molecule has 0 saturated heterocycles. The Balaban J connectivity index is 2.07. The normalized spacial score (nSPS) is 10.3. The Morgan fingerprint density at radius 3 is 2.41 bits per heavy atom. The van der Waals surface area contributed by atoms with Crippen molar-refractivity contribution in [3.05, 3.63) is 63.2 Å². The number of halogens is 3. The zero-order valence-corrected chi connectivity index (χ0v) is 11.0. The largest absolute Gasteiger partial charge is 0.381 e. The molecule has 2 aromatic carbocycles. The predicted molar refractivity (Wildman–Crippen MR) is 72.8 cm³/mol. The van der Waals surface area contributed by atoms with Crippen LogP contribution >= 0.6 is 22.6 Å². The van der Waals surface area contributed by atoms with Crippen molar-refractivity contribution in [1.29, 1.82) is 0 Å². The number of nitrogens with one attached hydrogen (secondary N) is 1. The molecule has 0 fully saturated rings. The topological polar surface area (TPSA) is 12.0 Å². The van der Waals surface area contributed by atoms with Crippen LogP contribution in [0.2, 0.25) is 0 Å². The van der Waals surface area contributed by atoms with E-state index in [4.69, 9.17) is 0 Å². The van der Waals surface area contributed by atoms with Crippen molar-refractivity contribution in [1.82, 2.24) is 0 Å². The summed E-state index contributed by atoms with van der Waals surface area (Å²) in [5, 5.41) is 3.05. The fraction of sp³-hybridized carbons (Fsp3) is 0.0769. The molecule has 0 aliphatic rings. The average Bonchev–Trinajstić information content (AvgIpc) is 2.32.